The van der Waals surface area contributed by atoms with Gasteiger partial charge in [0.25, 0.3) is 5.56 Å². The molecule has 0 N–H and O–H groups in total. The van der Waals surface area contributed by atoms with Crippen molar-refractivity contribution in [2.24, 2.45) is 7.05 Å². The molecular formula is C18H22N2O4. The van der Waals surface area contributed by atoms with E-state index >= 15 is 0 Å². The van der Waals surface area contributed by atoms with Gasteiger partial charge < -0.3 is 18.9 Å². The molecule has 0 radical (unpaired) electrons. The lowest BCUT2D eigenvalue weighted by Crippen LogP contribution is -2.40. The summed E-state index contributed by atoms with van der Waals surface area (Å²) in [7, 11) is 1.75. The van der Waals surface area contributed by atoms with E-state index in [1.807, 2.05) is 29.2 Å². The quantitative estimate of drug-likeness (QED) is 0.781. The van der Waals surface area contributed by atoms with Crippen LogP contribution in [0.1, 0.15) is 12.8 Å². The summed E-state index contributed by atoms with van der Waals surface area (Å²) in [6, 6.07) is 9.15. The highest BCUT2D eigenvalue weighted by Gasteiger charge is 2.16. The predicted octanol–water partition coefficient (Wildman–Crippen LogP) is 1.56. The molecule has 1 aliphatic heterocycles. The van der Waals surface area contributed by atoms with Crippen LogP contribution in [0.25, 0.3) is 10.9 Å². The maximum absolute atomic E-state index is 12.1. The first-order valence-corrected chi connectivity index (χ1v) is 8.24. The molecule has 0 bridgehead atoms. The van der Waals surface area contributed by atoms with Gasteiger partial charge in [-0.15, -0.1) is 0 Å². The first-order chi connectivity index (χ1) is 11.7. The Bertz CT molecular complexity index is 778. The van der Waals surface area contributed by atoms with Crippen LogP contribution in [0.2, 0.25) is 0 Å². The normalized spacial score (nSPS) is 14.8. The maximum atomic E-state index is 12.1. The number of carbonyl (C=O) groups is 1. The summed E-state index contributed by atoms with van der Waals surface area (Å²) < 4.78 is 12.6. The Kier molecular flexibility index (Phi) is 5.15. The molecule has 24 heavy (non-hydrogen) atoms. The second-order valence-corrected chi connectivity index (χ2v) is 5.87. The first-order valence-electron chi connectivity index (χ1n) is 8.24. The van der Waals surface area contributed by atoms with Gasteiger partial charge in [-0.25, -0.2) is 0 Å². The largest absolute Gasteiger partial charge is 0.493 e. The van der Waals surface area contributed by atoms with Crippen molar-refractivity contribution in [2.45, 2.75) is 12.8 Å². The second-order valence-electron chi connectivity index (χ2n) is 5.87. The molecule has 1 aromatic heterocycles. The van der Waals surface area contributed by atoms with Gasteiger partial charge in [-0.05, 0) is 18.6 Å². The molecule has 1 aliphatic rings. The van der Waals surface area contributed by atoms with Gasteiger partial charge in [-0.2, -0.15) is 0 Å². The number of pyridine rings is 1. The number of aromatic nitrogens is 1. The van der Waals surface area contributed by atoms with Gasteiger partial charge in [0.05, 0.1) is 25.3 Å². The third-order valence-corrected chi connectivity index (χ3v) is 4.27. The van der Waals surface area contributed by atoms with Gasteiger partial charge in [0, 0.05) is 38.0 Å². The number of hydrogen-bond donors (Lipinski definition) is 0. The second kappa shape index (κ2) is 7.49. The van der Waals surface area contributed by atoms with Crippen LogP contribution in [0.5, 0.6) is 5.75 Å². The molecular weight excluding hydrogens is 308 g/mol. The Balaban J connectivity index is 1.59. The average molecular weight is 330 g/mol. The Labute approximate surface area is 140 Å². The fourth-order valence-corrected chi connectivity index (χ4v) is 2.88. The number of ether oxygens (including phenoxy) is 2. The highest BCUT2D eigenvalue weighted by atomic mass is 16.5. The van der Waals surface area contributed by atoms with Crippen LogP contribution in [0, 0.1) is 0 Å². The number of rotatable bonds is 5. The molecule has 1 amide bonds. The molecule has 1 saturated heterocycles. The van der Waals surface area contributed by atoms with Crippen molar-refractivity contribution < 1.29 is 14.3 Å². The predicted molar refractivity (Wildman–Crippen MR) is 91.3 cm³/mol. The van der Waals surface area contributed by atoms with Gasteiger partial charge >= 0.3 is 0 Å². The van der Waals surface area contributed by atoms with E-state index in [1.165, 1.54) is 6.07 Å². The van der Waals surface area contributed by atoms with Crippen LogP contribution < -0.4 is 10.3 Å². The smallest absolute Gasteiger partial charge is 0.254 e. The summed E-state index contributed by atoms with van der Waals surface area (Å²) in [5.41, 5.74) is 0.734. The average Bonchev–Trinajstić information content (AvgIpc) is 2.63. The molecule has 6 heteroatoms. The van der Waals surface area contributed by atoms with Crippen molar-refractivity contribution in [2.75, 3.05) is 32.9 Å². The number of carbonyl (C=O) groups excluding carboxylic acids is 1. The zero-order chi connectivity index (χ0) is 16.9. The van der Waals surface area contributed by atoms with Crippen LogP contribution in [0.3, 0.4) is 0 Å². The summed E-state index contributed by atoms with van der Waals surface area (Å²) in [5, 5.41) is 0.902. The van der Waals surface area contributed by atoms with E-state index < -0.39 is 0 Å². The molecule has 1 fully saturated rings. The molecule has 2 aromatic rings. The number of para-hydroxylation sites is 1. The Morgan fingerprint density at radius 2 is 2.00 bits per heavy atom. The Morgan fingerprint density at radius 3 is 2.79 bits per heavy atom. The van der Waals surface area contributed by atoms with E-state index in [0.29, 0.717) is 51.5 Å². The van der Waals surface area contributed by atoms with Crippen molar-refractivity contribution in [3.63, 3.8) is 0 Å². The van der Waals surface area contributed by atoms with Gasteiger partial charge in [0.1, 0.15) is 5.75 Å². The number of nitrogens with zero attached hydrogens (tertiary/aromatic N) is 2. The number of morpholine rings is 1. The van der Waals surface area contributed by atoms with E-state index in [4.69, 9.17) is 9.47 Å². The van der Waals surface area contributed by atoms with Crippen molar-refractivity contribution in [1.82, 2.24) is 9.47 Å². The van der Waals surface area contributed by atoms with E-state index in [9.17, 15) is 9.59 Å². The molecule has 3 rings (SSSR count). The standard InChI is InChI=1S/C18H22N2O4/c1-19-15-6-3-2-5-14(15)16(13-18(19)22)24-10-4-7-17(21)20-8-11-23-12-9-20/h2-3,5-6,13H,4,7-12H2,1H3. The molecule has 0 unspecified atom stereocenters. The van der Waals surface area contributed by atoms with Crippen LogP contribution in [-0.2, 0) is 16.6 Å². The SMILES string of the molecule is Cn1c(=O)cc(OCCCC(=O)N2CCOCC2)c2ccccc21. The van der Waals surface area contributed by atoms with Crippen LogP contribution >= 0.6 is 0 Å². The van der Waals surface area contributed by atoms with E-state index in [-0.39, 0.29) is 11.5 Å². The van der Waals surface area contributed by atoms with Gasteiger partial charge in [0.15, 0.2) is 0 Å². The highest BCUT2D eigenvalue weighted by molar-refractivity contribution is 5.85. The van der Waals surface area contributed by atoms with E-state index in [2.05, 4.69) is 0 Å². The summed E-state index contributed by atoms with van der Waals surface area (Å²) in [5.74, 6) is 0.711. The fourth-order valence-electron chi connectivity index (χ4n) is 2.88. The molecule has 128 valence electrons. The number of amides is 1. The molecule has 0 saturated carbocycles. The van der Waals surface area contributed by atoms with Gasteiger partial charge in [-0.3, -0.25) is 9.59 Å². The fraction of sp³-hybridized carbons (Fsp3) is 0.444. The highest BCUT2D eigenvalue weighted by Crippen LogP contribution is 2.23. The molecule has 0 aliphatic carbocycles. The van der Waals surface area contributed by atoms with E-state index in [0.717, 1.165) is 10.9 Å². The topological polar surface area (TPSA) is 60.8 Å². The van der Waals surface area contributed by atoms with Crippen molar-refractivity contribution in [3.8, 4) is 5.75 Å². The lowest BCUT2D eigenvalue weighted by molar-refractivity contribution is -0.135. The first kappa shape index (κ1) is 16.5. The minimum absolute atomic E-state index is 0.104. The van der Waals surface area contributed by atoms with Crippen molar-refractivity contribution in [3.05, 3.63) is 40.7 Å². The minimum Gasteiger partial charge on any atom is -0.493 e. The number of benzene rings is 1. The van der Waals surface area contributed by atoms with E-state index in [1.54, 1.807) is 11.6 Å². The van der Waals surface area contributed by atoms with Crippen LogP contribution in [0.15, 0.2) is 35.1 Å². The molecule has 0 spiro atoms. The van der Waals surface area contributed by atoms with Crippen LogP contribution in [0.4, 0.5) is 0 Å². The lowest BCUT2D eigenvalue weighted by atomic mass is 10.2. The van der Waals surface area contributed by atoms with Crippen molar-refractivity contribution >= 4 is 16.8 Å². The zero-order valence-corrected chi connectivity index (χ0v) is 13.9. The van der Waals surface area contributed by atoms with Crippen molar-refractivity contribution in [1.29, 1.82) is 0 Å². The molecule has 1 aromatic carbocycles. The molecule has 0 atom stereocenters. The third-order valence-electron chi connectivity index (χ3n) is 4.27. The zero-order valence-electron chi connectivity index (χ0n) is 13.9. The van der Waals surface area contributed by atoms with Crippen LogP contribution in [-0.4, -0.2) is 48.3 Å². The number of hydrogen-bond acceptors (Lipinski definition) is 4. The lowest BCUT2D eigenvalue weighted by Gasteiger charge is -2.26. The summed E-state index contributed by atoms with van der Waals surface area (Å²) >= 11 is 0. The number of fused-ring (bicyclic) bond motifs is 1. The summed E-state index contributed by atoms with van der Waals surface area (Å²) in [6.45, 7) is 2.97. The summed E-state index contributed by atoms with van der Waals surface area (Å²) in [6.07, 6.45) is 1.07. The Hall–Kier alpha value is -2.34. The minimum atomic E-state index is -0.104. The Morgan fingerprint density at radius 1 is 1.25 bits per heavy atom. The monoisotopic (exact) mass is 330 g/mol. The molecule has 2 heterocycles. The van der Waals surface area contributed by atoms with Gasteiger partial charge in [0.2, 0.25) is 5.91 Å². The maximum Gasteiger partial charge on any atom is 0.254 e. The molecule has 6 nitrogen and oxygen atoms in total. The summed E-state index contributed by atoms with van der Waals surface area (Å²) in [4.78, 5) is 25.9. The number of aryl methyl sites for hydroxylation is 1. The third kappa shape index (κ3) is 3.59. The van der Waals surface area contributed by atoms with Gasteiger partial charge in [-0.1, -0.05) is 12.1 Å².